The number of rotatable bonds is 3. The maximum Gasteiger partial charge on any atom is 0.319 e. The minimum absolute atomic E-state index is 0.00568. The monoisotopic (exact) mass is 271 g/mol. The van der Waals surface area contributed by atoms with Crippen LogP contribution in [0.3, 0.4) is 0 Å². The van der Waals surface area contributed by atoms with Crippen molar-refractivity contribution in [2.45, 2.75) is 12.5 Å². The molecule has 6 nitrogen and oxygen atoms in total. The van der Waals surface area contributed by atoms with E-state index in [1.54, 1.807) is 18.3 Å². The van der Waals surface area contributed by atoms with Crippen molar-refractivity contribution in [1.29, 1.82) is 0 Å². The number of hydrogen-bond donors (Lipinski definition) is 2. The number of hydrogen-bond acceptors (Lipinski definition) is 4. The number of amides is 2. The average Bonchev–Trinajstić information content (AvgIpc) is 2.40. The van der Waals surface area contributed by atoms with E-state index in [1.807, 2.05) is 0 Å². The van der Waals surface area contributed by atoms with Gasteiger partial charge in [0.2, 0.25) is 0 Å². The molecule has 0 radical (unpaired) electrons. The summed E-state index contributed by atoms with van der Waals surface area (Å²) >= 11 is 5.82. The molecule has 2 rings (SSSR count). The third kappa shape index (κ3) is 3.83. The predicted molar refractivity (Wildman–Crippen MR) is 66.6 cm³/mol. The number of nitrogens with one attached hydrogen (secondary N) is 2. The van der Waals surface area contributed by atoms with E-state index in [2.05, 4.69) is 15.6 Å². The fourth-order valence-electron chi connectivity index (χ4n) is 1.51. The van der Waals surface area contributed by atoms with Crippen LogP contribution >= 0.6 is 11.6 Å². The Balaban J connectivity index is 1.76. The third-order valence-electron chi connectivity index (χ3n) is 2.47. The van der Waals surface area contributed by atoms with Gasteiger partial charge in [0.1, 0.15) is 6.79 Å². The van der Waals surface area contributed by atoms with Gasteiger partial charge in [0.05, 0.1) is 18.4 Å². The lowest BCUT2D eigenvalue weighted by atomic mass is 10.2. The van der Waals surface area contributed by atoms with Gasteiger partial charge in [-0.25, -0.2) is 9.78 Å². The number of carbonyl (C=O) groups is 1. The van der Waals surface area contributed by atoms with Gasteiger partial charge in [0, 0.05) is 12.7 Å². The van der Waals surface area contributed by atoms with Crippen LogP contribution < -0.4 is 10.6 Å². The smallest absolute Gasteiger partial charge is 0.319 e. The summed E-state index contributed by atoms with van der Waals surface area (Å²) in [5.41, 5.74) is 0.476. The first-order chi connectivity index (χ1) is 8.75. The number of carbonyl (C=O) groups excluding carboxylic acids is 1. The summed E-state index contributed by atoms with van der Waals surface area (Å²) < 4.78 is 10.3. The Hall–Kier alpha value is -1.37. The van der Waals surface area contributed by atoms with Crippen molar-refractivity contribution in [2.75, 3.05) is 25.3 Å². The van der Waals surface area contributed by atoms with E-state index in [0.29, 0.717) is 18.8 Å². The second kappa shape index (κ2) is 6.53. The van der Waals surface area contributed by atoms with Gasteiger partial charge >= 0.3 is 6.03 Å². The number of halogens is 1. The molecule has 1 aliphatic heterocycles. The highest BCUT2D eigenvalue weighted by Gasteiger charge is 2.15. The van der Waals surface area contributed by atoms with Gasteiger partial charge in [-0.2, -0.15) is 0 Å². The molecule has 1 aromatic rings. The summed E-state index contributed by atoms with van der Waals surface area (Å²) in [5, 5.41) is 5.59. The molecule has 1 fully saturated rings. The van der Waals surface area contributed by atoms with E-state index in [0.717, 1.165) is 6.42 Å². The predicted octanol–water partition coefficient (Wildman–Crippen LogP) is 1.62. The van der Waals surface area contributed by atoms with Crippen LogP contribution in [0.5, 0.6) is 0 Å². The molecular weight excluding hydrogens is 258 g/mol. The summed E-state index contributed by atoms with van der Waals surface area (Å²) in [5.74, 6) is 0. The molecule has 1 saturated heterocycles. The number of ether oxygens (including phenoxy) is 2. The standard InChI is InChI=1S/C11H14ClN3O3/c12-10-9(2-1-4-13-10)15-11(16)14-6-8-3-5-17-7-18-8/h1-2,4,8H,3,5-7H2,(H2,14,15,16). The van der Waals surface area contributed by atoms with Crippen molar-refractivity contribution in [3.05, 3.63) is 23.5 Å². The minimum Gasteiger partial charge on any atom is -0.355 e. The van der Waals surface area contributed by atoms with Gasteiger partial charge in [0.15, 0.2) is 5.15 Å². The highest BCUT2D eigenvalue weighted by Crippen LogP contribution is 2.16. The van der Waals surface area contributed by atoms with Crippen LogP contribution in [-0.4, -0.2) is 37.1 Å². The van der Waals surface area contributed by atoms with Crippen molar-refractivity contribution in [3.8, 4) is 0 Å². The molecule has 0 aliphatic carbocycles. The van der Waals surface area contributed by atoms with Crippen molar-refractivity contribution >= 4 is 23.3 Å². The Morgan fingerprint density at radius 3 is 3.22 bits per heavy atom. The maximum atomic E-state index is 11.6. The number of anilines is 1. The zero-order chi connectivity index (χ0) is 12.8. The van der Waals surface area contributed by atoms with Crippen molar-refractivity contribution in [1.82, 2.24) is 10.3 Å². The third-order valence-corrected chi connectivity index (χ3v) is 2.77. The Kier molecular flexibility index (Phi) is 4.74. The lowest BCUT2D eigenvalue weighted by Crippen LogP contribution is -2.39. The molecule has 0 saturated carbocycles. The molecule has 1 unspecified atom stereocenters. The van der Waals surface area contributed by atoms with Gasteiger partial charge < -0.3 is 20.1 Å². The second-order valence-corrected chi connectivity index (χ2v) is 4.14. The molecule has 2 N–H and O–H groups in total. The number of nitrogens with zero attached hydrogens (tertiary/aromatic N) is 1. The SMILES string of the molecule is O=C(NCC1CCOCO1)Nc1cccnc1Cl. The van der Waals surface area contributed by atoms with Gasteiger partial charge in [-0.1, -0.05) is 11.6 Å². The Morgan fingerprint density at radius 2 is 2.50 bits per heavy atom. The molecule has 18 heavy (non-hydrogen) atoms. The second-order valence-electron chi connectivity index (χ2n) is 3.78. The van der Waals surface area contributed by atoms with Crippen LogP contribution in [0, 0.1) is 0 Å². The van der Waals surface area contributed by atoms with Crippen LogP contribution in [-0.2, 0) is 9.47 Å². The highest BCUT2D eigenvalue weighted by atomic mass is 35.5. The van der Waals surface area contributed by atoms with Crippen LogP contribution in [0.25, 0.3) is 0 Å². The lowest BCUT2D eigenvalue weighted by molar-refractivity contribution is -0.136. The molecule has 98 valence electrons. The molecule has 0 bridgehead atoms. The number of pyridine rings is 1. The maximum absolute atomic E-state index is 11.6. The van der Waals surface area contributed by atoms with E-state index in [4.69, 9.17) is 21.1 Å². The topological polar surface area (TPSA) is 72.5 Å². The van der Waals surface area contributed by atoms with Gasteiger partial charge in [-0.15, -0.1) is 0 Å². The molecular formula is C11H14ClN3O3. The van der Waals surface area contributed by atoms with Gasteiger partial charge in [-0.05, 0) is 18.6 Å². The zero-order valence-corrected chi connectivity index (χ0v) is 10.4. The van der Waals surface area contributed by atoms with Crippen LogP contribution in [0.2, 0.25) is 5.15 Å². The van der Waals surface area contributed by atoms with E-state index in [9.17, 15) is 4.79 Å². The lowest BCUT2D eigenvalue weighted by Gasteiger charge is -2.22. The average molecular weight is 272 g/mol. The Morgan fingerprint density at radius 1 is 1.61 bits per heavy atom. The van der Waals surface area contributed by atoms with E-state index in [1.165, 1.54) is 0 Å². The van der Waals surface area contributed by atoms with E-state index < -0.39 is 0 Å². The largest absolute Gasteiger partial charge is 0.355 e. The first-order valence-corrected chi connectivity index (χ1v) is 5.98. The fraction of sp³-hybridized carbons (Fsp3) is 0.455. The summed E-state index contributed by atoms with van der Waals surface area (Å²) in [7, 11) is 0. The summed E-state index contributed by atoms with van der Waals surface area (Å²) in [6, 6.07) is 3.04. The summed E-state index contributed by atoms with van der Waals surface area (Å²) in [6.07, 6.45) is 2.32. The van der Waals surface area contributed by atoms with Crippen molar-refractivity contribution in [2.24, 2.45) is 0 Å². The van der Waals surface area contributed by atoms with Gasteiger partial charge in [-0.3, -0.25) is 0 Å². The van der Waals surface area contributed by atoms with E-state index in [-0.39, 0.29) is 24.1 Å². The molecule has 0 aromatic carbocycles. The fourth-order valence-corrected chi connectivity index (χ4v) is 1.68. The number of urea groups is 1. The van der Waals surface area contributed by atoms with Crippen molar-refractivity contribution < 1.29 is 14.3 Å². The quantitative estimate of drug-likeness (QED) is 0.820. The normalized spacial score (nSPS) is 19.3. The molecule has 1 aliphatic rings. The summed E-state index contributed by atoms with van der Waals surface area (Å²) in [4.78, 5) is 15.5. The summed E-state index contributed by atoms with van der Waals surface area (Å²) in [6.45, 7) is 1.37. The van der Waals surface area contributed by atoms with Crippen LogP contribution in [0.1, 0.15) is 6.42 Å². The van der Waals surface area contributed by atoms with Gasteiger partial charge in [0.25, 0.3) is 0 Å². The molecule has 1 atom stereocenters. The van der Waals surface area contributed by atoms with Crippen molar-refractivity contribution in [3.63, 3.8) is 0 Å². The Labute approximate surface area is 110 Å². The first kappa shape index (κ1) is 13.1. The minimum atomic E-state index is -0.333. The molecule has 2 heterocycles. The first-order valence-electron chi connectivity index (χ1n) is 5.60. The number of aromatic nitrogens is 1. The van der Waals surface area contributed by atoms with E-state index >= 15 is 0 Å². The van der Waals surface area contributed by atoms with Crippen LogP contribution in [0.15, 0.2) is 18.3 Å². The molecule has 0 spiro atoms. The van der Waals surface area contributed by atoms with Crippen LogP contribution in [0.4, 0.5) is 10.5 Å². The zero-order valence-electron chi connectivity index (χ0n) is 9.69. The Bertz CT molecular complexity index is 410. The highest BCUT2D eigenvalue weighted by molar-refractivity contribution is 6.32. The molecule has 2 amide bonds. The molecule has 7 heteroatoms. The molecule has 1 aromatic heterocycles.